The number of nitrogens with one attached hydrogen (secondary N) is 1. The molecule has 5 heteroatoms. The fourth-order valence-corrected chi connectivity index (χ4v) is 3.57. The molecule has 0 aromatic rings. The highest BCUT2D eigenvalue weighted by atomic mass is 32.2. The van der Waals surface area contributed by atoms with E-state index in [0.29, 0.717) is 25.8 Å². The summed E-state index contributed by atoms with van der Waals surface area (Å²) < 4.78 is 10.5. The van der Waals surface area contributed by atoms with E-state index in [9.17, 15) is 5.11 Å². The van der Waals surface area contributed by atoms with Gasteiger partial charge in [0, 0.05) is 24.9 Å². The number of methoxy groups -OCH3 is 1. The van der Waals surface area contributed by atoms with Gasteiger partial charge in [0.15, 0.2) is 0 Å². The van der Waals surface area contributed by atoms with Crippen LogP contribution in [0.3, 0.4) is 0 Å². The molecule has 2 N–H and O–H groups in total. The van der Waals surface area contributed by atoms with Crippen LogP contribution in [-0.2, 0) is 9.47 Å². The zero-order chi connectivity index (χ0) is 14.1. The van der Waals surface area contributed by atoms with Crippen molar-refractivity contribution in [1.29, 1.82) is 0 Å². The third-order valence-electron chi connectivity index (χ3n) is 3.40. The Kier molecular flexibility index (Phi) is 9.07. The minimum absolute atomic E-state index is 0.0384. The molecule has 0 saturated heterocycles. The average molecular weight is 291 g/mol. The molecule has 4 nitrogen and oxygen atoms in total. The van der Waals surface area contributed by atoms with Crippen LogP contribution < -0.4 is 5.32 Å². The van der Waals surface area contributed by atoms with Crippen LogP contribution in [0.5, 0.6) is 0 Å². The van der Waals surface area contributed by atoms with Gasteiger partial charge in [-0.05, 0) is 31.9 Å². The van der Waals surface area contributed by atoms with Crippen molar-refractivity contribution in [3.63, 3.8) is 0 Å². The Bertz CT molecular complexity index is 231. The smallest absolute Gasteiger partial charge is 0.0897 e. The van der Waals surface area contributed by atoms with Gasteiger partial charge in [0.05, 0.1) is 25.4 Å². The second-order valence-corrected chi connectivity index (χ2v) is 6.83. The van der Waals surface area contributed by atoms with Crippen LogP contribution in [0, 0.1) is 0 Å². The van der Waals surface area contributed by atoms with Crippen LogP contribution in [-0.4, -0.2) is 61.2 Å². The first kappa shape index (κ1) is 17.2. The summed E-state index contributed by atoms with van der Waals surface area (Å²) in [6.45, 7) is 5.73. The first-order valence-corrected chi connectivity index (χ1v) is 8.34. The van der Waals surface area contributed by atoms with E-state index in [2.05, 4.69) is 24.0 Å². The number of hydrogen-bond donors (Lipinski definition) is 2. The second kappa shape index (κ2) is 10.00. The molecule has 4 atom stereocenters. The Morgan fingerprint density at radius 2 is 2.16 bits per heavy atom. The standard InChI is InChI=1S/C14H29NO3S/c1-4-19-14-6-5-12(7-14)15-8-13(16)10-18-11(2)9-17-3/h11-16H,4-10H2,1-3H3. The molecule has 4 unspecified atom stereocenters. The summed E-state index contributed by atoms with van der Waals surface area (Å²) in [6, 6.07) is 0.565. The van der Waals surface area contributed by atoms with Gasteiger partial charge in [-0.15, -0.1) is 0 Å². The molecule has 114 valence electrons. The zero-order valence-electron chi connectivity index (χ0n) is 12.4. The van der Waals surface area contributed by atoms with Gasteiger partial charge in [0.2, 0.25) is 0 Å². The molecule has 1 fully saturated rings. The molecule has 0 radical (unpaired) electrons. The molecule has 1 saturated carbocycles. The maximum Gasteiger partial charge on any atom is 0.0897 e. The predicted molar refractivity (Wildman–Crippen MR) is 80.9 cm³/mol. The van der Waals surface area contributed by atoms with E-state index in [1.165, 1.54) is 25.0 Å². The zero-order valence-corrected chi connectivity index (χ0v) is 13.2. The van der Waals surface area contributed by atoms with Crippen LogP contribution in [0.25, 0.3) is 0 Å². The minimum Gasteiger partial charge on any atom is -0.389 e. The fourth-order valence-electron chi connectivity index (χ4n) is 2.43. The summed E-state index contributed by atoms with van der Waals surface area (Å²) in [7, 11) is 1.66. The van der Waals surface area contributed by atoms with Gasteiger partial charge in [-0.25, -0.2) is 0 Å². The highest BCUT2D eigenvalue weighted by Crippen LogP contribution is 2.29. The SMILES string of the molecule is CCSC1CCC(NCC(O)COC(C)COC)C1. The Morgan fingerprint density at radius 1 is 1.37 bits per heavy atom. The molecule has 1 aliphatic rings. The Hall–Kier alpha value is 0.190. The van der Waals surface area contributed by atoms with Crippen LogP contribution in [0.2, 0.25) is 0 Å². The van der Waals surface area contributed by atoms with Crippen molar-refractivity contribution in [3.05, 3.63) is 0 Å². The highest BCUT2D eigenvalue weighted by Gasteiger charge is 2.24. The van der Waals surface area contributed by atoms with Crippen molar-refractivity contribution in [2.45, 2.75) is 56.6 Å². The van der Waals surface area contributed by atoms with Gasteiger partial charge in [-0.1, -0.05) is 6.92 Å². The Morgan fingerprint density at radius 3 is 2.84 bits per heavy atom. The summed E-state index contributed by atoms with van der Waals surface area (Å²) in [5.74, 6) is 1.20. The molecular formula is C14H29NO3S. The molecule has 0 aromatic carbocycles. The molecule has 1 aliphatic carbocycles. The van der Waals surface area contributed by atoms with Crippen LogP contribution >= 0.6 is 11.8 Å². The van der Waals surface area contributed by atoms with Gasteiger partial charge in [-0.2, -0.15) is 11.8 Å². The number of thioether (sulfide) groups is 1. The number of aliphatic hydroxyl groups excluding tert-OH is 1. The summed E-state index contributed by atoms with van der Waals surface area (Å²) in [6.07, 6.45) is 3.36. The molecule has 0 heterocycles. The summed E-state index contributed by atoms with van der Waals surface area (Å²) in [5.41, 5.74) is 0. The molecular weight excluding hydrogens is 262 g/mol. The lowest BCUT2D eigenvalue weighted by Crippen LogP contribution is -2.37. The lowest BCUT2D eigenvalue weighted by Gasteiger charge is -2.19. The van der Waals surface area contributed by atoms with Crippen LogP contribution in [0.15, 0.2) is 0 Å². The normalized spacial score (nSPS) is 26.5. The molecule has 0 bridgehead atoms. The van der Waals surface area contributed by atoms with E-state index in [4.69, 9.17) is 9.47 Å². The third kappa shape index (κ3) is 7.51. The predicted octanol–water partition coefficient (Wildman–Crippen LogP) is 1.66. The van der Waals surface area contributed by atoms with Gasteiger partial charge in [0.1, 0.15) is 0 Å². The monoisotopic (exact) mass is 291 g/mol. The van der Waals surface area contributed by atoms with E-state index in [-0.39, 0.29) is 6.10 Å². The van der Waals surface area contributed by atoms with E-state index in [1.807, 2.05) is 6.92 Å². The lowest BCUT2D eigenvalue weighted by atomic mass is 10.2. The first-order valence-electron chi connectivity index (χ1n) is 7.29. The molecule has 1 rings (SSSR count). The number of rotatable bonds is 10. The third-order valence-corrected chi connectivity index (χ3v) is 4.64. The van der Waals surface area contributed by atoms with Crippen LogP contribution in [0.4, 0.5) is 0 Å². The quantitative estimate of drug-likeness (QED) is 0.641. The molecule has 0 amide bonds. The second-order valence-electron chi connectivity index (χ2n) is 5.25. The van der Waals surface area contributed by atoms with Crippen molar-refractivity contribution in [3.8, 4) is 0 Å². The van der Waals surface area contributed by atoms with Crippen molar-refractivity contribution >= 4 is 11.8 Å². The topological polar surface area (TPSA) is 50.7 Å². The van der Waals surface area contributed by atoms with E-state index < -0.39 is 6.10 Å². The van der Waals surface area contributed by atoms with Gasteiger partial charge in [-0.3, -0.25) is 0 Å². The van der Waals surface area contributed by atoms with Crippen molar-refractivity contribution < 1.29 is 14.6 Å². The lowest BCUT2D eigenvalue weighted by molar-refractivity contribution is -0.0315. The number of hydrogen-bond acceptors (Lipinski definition) is 5. The van der Waals surface area contributed by atoms with E-state index in [0.717, 1.165) is 5.25 Å². The van der Waals surface area contributed by atoms with Gasteiger partial charge < -0.3 is 19.9 Å². The first-order chi connectivity index (χ1) is 9.15. The number of aliphatic hydroxyl groups is 1. The van der Waals surface area contributed by atoms with E-state index >= 15 is 0 Å². The van der Waals surface area contributed by atoms with Gasteiger partial charge in [0.25, 0.3) is 0 Å². The van der Waals surface area contributed by atoms with Gasteiger partial charge >= 0.3 is 0 Å². The van der Waals surface area contributed by atoms with Crippen molar-refractivity contribution in [1.82, 2.24) is 5.32 Å². The van der Waals surface area contributed by atoms with Crippen molar-refractivity contribution in [2.24, 2.45) is 0 Å². The molecule has 0 spiro atoms. The largest absolute Gasteiger partial charge is 0.389 e. The summed E-state index contributed by atoms with van der Waals surface area (Å²) in [5, 5.41) is 14.1. The summed E-state index contributed by atoms with van der Waals surface area (Å²) >= 11 is 2.06. The average Bonchev–Trinajstić information content (AvgIpc) is 2.82. The minimum atomic E-state index is -0.433. The van der Waals surface area contributed by atoms with Crippen LogP contribution in [0.1, 0.15) is 33.1 Å². The Balaban J connectivity index is 2.05. The molecule has 0 aromatic heterocycles. The Labute approximate surface area is 121 Å². The number of ether oxygens (including phenoxy) is 2. The maximum absolute atomic E-state index is 9.86. The maximum atomic E-state index is 9.86. The highest BCUT2D eigenvalue weighted by molar-refractivity contribution is 7.99. The molecule has 0 aliphatic heterocycles. The molecule has 19 heavy (non-hydrogen) atoms. The summed E-state index contributed by atoms with van der Waals surface area (Å²) in [4.78, 5) is 0. The van der Waals surface area contributed by atoms with Crippen molar-refractivity contribution in [2.75, 3.05) is 32.6 Å². The van der Waals surface area contributed by atoms with E-state index in [1.54, 1.807) is 7.11 Å². The fraction of sp³-hybridized carbons (Fsp3) is 1.00.